The largest absolute Gasteiger partial charge is 0.431 e. The number of hydrogen-bond donors (Lipinski definition) is 1. The van der Waals surface area contributed by atoms with Crippen molar-refractivity contribution < 1.29 is 9.21 Å². The summed E-state index contributed by atoms with van der Waals surface area (Å²) in [7, 11) is 0. The number of amides is 1. The van der Waals surface area contributed by atoms with E-state index in [9.17, 15) is 4.79 Å². The van der Waals surface area contributed by atoms with Crippen LogP contribution in [0.4, 0.5) is 5.69 Å². The zero-order valence-corrected chi connectivity index (χ0v) is 17.7. The highest BCUT2D eigenvalue weighted by Gasteiger charge is 2.25. The number of nitrogens with zero attached hydrogens (tertiary/aromatic N) is 1. The molecule has 0 bridgehead atoms. The molecule has 1 amide bonds. The molecule has 1 aromatic heterocycles. The van der Waals surface area contributed by atoms with Crippen molar-refractivity contribution in [2.45, 2.75) is 17.4 Å². The molecule has 0 aliphatic rings. The van der Waals surface area contributed by atoms with E-state index in [1.165, 1.54) is 11.8 Å². The molecule has 0 radical (unpaired) electrons. The number of hydrogen-bond acceptors (Lipinski definition) is 4. The molecule has 1 heterocycles. The summed E-state index contributed by atoms with van der Waals surface area (Å²) in [4.78, 5) is 17.6. The number of carbonyl (C=O) groups excluding carboxylic acids is 1. The fraction of sp³-hybridized carbons (Fsp3) is 0.0909. The van der Waals surface area contributed by atoms with Gasteiger partial charge in [0.2, 0.25) is 5.91 Å². The molecule has 0 spiro atoms. The zero-order valence-electron chi connectivity index (χ0n) is 15.4. The SMILES string of the molecule is Cc1ccc(NC(=O)C(Sc2nc3cc(Cl)ccc3o2)c2ccccc2)cc1Cl. The van der Waals surface area contributed by atoms with Crippen molar-refractivity contribution in [3.8, 4) is 0 Å². The molecule has 0 fully saturated rings. The van der Waals surface area contributed by atoms with E-state index < -0.39 is 5.25 Å². The number of halogens is 2. The van der Waals surface area contributed by atoms with Gasteiger partial charge in [0.25, 0.3) is 5.22 Å². The second-order valence-electron chi connectivity index (χ2n) is 6.45. The Hall–Kier alpha value is -2.47. The van der Waals surface area contributed by atoms with Crippen LogP contribution in [0.1, 0.15) is 16.4 Å². The van der Waals surface area contributed by atoms with Crippen LogP contribution in [0.3, 0.4) is 0 Å². The summed E-state index contributed by atoms with van der Waals surface area (Å²) in [5.74, 6) is -0.193. The molecule has 0 saturated heterocycles. The summed E-state index contributed by atoms with van der Waals surface area (Å²) in [6.07, 6.45) is 0. The predicted molar refractivity (Wildman–Crippen MR) is 119 cm³/mol. The van der Waals surface area contributed by atoms with E-state index in [-0.39, 0.29) is 5.91 Å². The van der Waals surface area contributed by atoms with E-state index >= 15 is 0 Å². The van der Waals surface area contributed by atoms with E-state index in [2.05, 4.69) is 10.3 Å². The quantitative estimate of drug-likeness (QED) is 0.341. The lowest BCUT2D eigenvalue weighted by Crippen LogP contribution is -2.19. The second-order valence-corrected chi connectivity index (χ2v) is 8.35. The molecule has 0 saturated carbocycles. The Morgan fingerprint density at radius 1 is 1.07 bits per heavy atom. The Bertz CT molecular complexity index is 1180. The van der Waals surface area contributed by atoms with Crippen molar-refractivity contribution in [1.29, 1.82) is 0 Å². The Kier molecular flexibility index (Phi) is 5.81. The van der Waals surface area contributed by atoms with Gasteiger partial charge in [-0.25, -0.2) is 4.98 Å². The van der Waals surface area contributed by atoms with Crippen molar-refractivity contribution in [3.63, 3.8) is 0 Å². The first kappa shape index (κ1) is 19.8. The summed E-state index contributed by atoms with van der Waals surface area (Å²) in [5, 5.41) is 3.96. The molecular weight excluding hydrogens is 427 g/mol. The molecule has 0 aliphatic heterocycles. The minimum atomic E-state index is -0.556. The molecule has 4 nitrogen and oxygen atoms in total. The van der Waals surface area contributed by atoms with Crippen molar-refractivity contribution in [3.05, 3.63) is 87.9 Å². The van der Waals surface area contributed by atoms with Gasteiger partial charge in [0.1, 0.15) is 10.8 Å². The van der Waals surface area contributed by atoms with Crippen molar-refractivity contribution in [2.24, 2.45) is 0 Å². The van der Waals surface area contributed by atoms with Gasteiger partial charge in [0.05, 0.1) is 0 Å². The van der Waals surface area contributed by atoms with E-state index in [1.807, 2.05) is 49.4 Å². The maximum Gasteiger partial charge on any atom is 0.257 e. The topological polar surface area (TPSA) is 55.1 Å². The third-order valence-corrected chi connectivity index (χ3v) is 6.07. The molecule has 0 aliphatic carbocycles. The van der Waals surface area contributed by atoms with Gasteiger partial charge < -0.3 is 9.73 Å². The predicted octanol–water partition coefficient (Wildman–Crippen LogP) is 6.92. The minimum absolute atomic E-state index is 0.193. The molecule has 146 valence electrons. The van der Waals surface area contributed by atoms with E-state index in [0.29, 0.717) is 32.1 Å². The van der Waals surface area contributed by atoms with Crippen molar-refractivity contribution in [2.75, 3.05) is 5.32 Å². The van der Waals surface area contributed by atoms with Gasteiger partial charge in [-0.05, 0) is 60.1 Å². The number of oxazole rings is 1. The van der Waals surface area contributed by atoms with Crippen LogP contribution in [0, 0.1) is 6.92 Å². The maximum absolute atomic E-state index is 13.1. The summed E-state index contributed by atoms with van der Waals surface area (Å²) in [5.41, 5.74) is 3.70. The Morgan fingerprint density at radius 2 is 1.86 bits per heavy atom. The van der Waals surface area contributed by atoms with Crippen LogP contribution in [-0.4, -0.2) is 10.9 Å². The third kappa shape index (κ3) is 4.58. The highest BCUT2D eigenvalue weighted by molar-refractivity contribution is 8.00. The van der Waals surface area contributed by atoms with Crippen molar-refractivity contribution in [1.82, 2.24) is 4.98 Å². The molecule has 1 unspecified atom stereocenters. The van der Waals surface area contributed by atoms with Crippen LogP contribution < -0.4 is 5.32 Å². The average molecular weight is 443 g/mol. The van der Waals surface area contributed by atoms with Crippen LogP contribution in [-0.2, 0) is 4.79 Å². The first-order valence-corrected chi connectivity index (χ1v) is 10.5. The minimum Gasteiger partial charge on any atom is -0.431 e. The van der Waals surface area contributed by atoms with Gasteiger partial charge >= 0.3 is 0 Å². The van der Waals surface area contributed by atoms with Gasteiger partial charge in [-0.3, -0.25) is 4.79 Å². The van der Waals surface area contributed by atoms with Gasteiger partial charge in [-0.2, -0.15) is 0 Å². The Morgan fingerprint density at radius 3 is 2.62 bits per heavy atom. The van der Waals surface area contributed by atoms with Gasteiger partial charge in [-0.15, -0.1) is 0 Å². The number of rotatable bonds is 5. The van der Waals surface area contributed by atoms with E-state index in [1.54, 1.807) is 24.3 Å². The van der Waals surface area contributed by atoms with Gasteiger partial charge in [-0.1, -0.05) is 59.6 Å². The number of carbonyl (C=O) groups is 1. The molecule has 4 aromatic rings. The van der Waals surface area contributed by atoms with Crippen LogP contribution in [0.2, 0.25) is 10.0 Å². The number of nitrogens with one attached hydrogen (secondary N) is 1. The monoisotopic (exact) mass is 442 g/mol. The lowest BCUT2D eigenvalue weighted by atomic mass is 10.1. The highest BCUT2D eigenvalue weighted by Crippen LogP contribution is 2.37. The van der Waals surface area contributed by atoms with Crippen LogP contribution in [0.25, 0.3) is 11.1 Å². The van der Waals surface area contributed by atoms with Crippen LogP contribution >= 0.6 is 35.0 Å². The Balaban J connectivity index is 1.63. The number of aromatic nitrogens is 1. The Labute approximate surface area is 182 Å². The summed E-state index contributed by atoms with van der Waals surface area (Å²) in [6, 6.07) is 20.2. The molecular formula is C22H16Cl2N2O2S. The van der Waals surface area contributed by atoms with Gasteiger partial charge in [0, 0.05) is 15.7 Å². The molecule has 1 atom stereocenters. The van der Waals surface area contributed by atoms with E-state index in [4.69, 9.17) is 27.6 Å². The normalized spacial score (nSPS) is 12.1. The van der Waals surface area contributed by atoms with Crippen molar-refractivity contribution >= 4 is 57.7 Å². The van der Waals surface area contributed by atoms with Crippen LogP contribution in [0.15, 0.2) is 76.4 Å². The summed E-state index contributed by atoms with van der Waals surface area (Å²) < 4.78 is 5.80. The molecule has 4 rings (SSSR count). The first-order chi connectivity index (χ1) is 14.0. The highest BCUT2D eigenvalue weighted by atomic mass is 35.5. The average Bonchev–Trinajstić information content (AvgIpc) is 3.11. The smallest absolute Gasteiger partial charge is 0.257 e. The summed E-state index contributed by atoms with van der Waals surface area (Å²) >= 11 is 13.5. The lowest BCUT2D eigenvalue weighted by molar-refractivity contribution is -0.115. The molecule has 7 heteroatoms. The molecule has 3 aromatic carbocycles. The second kappa shape index (κ2) is 8.49. The number of fused-ring (bicyclic) bond motifs is 1. The van der Waals surface area contributed by atoms with E-state index in [0.717, 1.165) is 11.1 Å². The fourth-order valence-electron chi connectivity index (χ4n) is 2.81. The maximum atomic E-state index is 13.1. The standard InChI is InChI=1S/C22H16Cl2N2O2S/c1-13-7-9-16(12-17(13)24)25-21(27)20(14-5-3-2-4-6-14)29-22-26-18-11-15(23)8-10-19(18)28-22/h2-12,20H,1H3,(H,25,27). The zero-order chi connectivity index (χ0) is 20.4. The number of anilines is 1. The van der Waals surface area contributed by atoms with Gasteiger partial charge in [0.15, 0.2) is 5.58 Å². The van der Waals surface area contributed by atoms with Crippen LogP contribution in [0.5, 0.6) is 0 Å². The number of thioether (sulfide) groups is 1. The fourth-order valence-corrected chi connectivity index (χ4v) is 4.11. The number of benzene rings is 3. The first-order valence-electron chi connectivity index (χ1n) is 8.84. The molecule has 1 N–H and O–H groups in total. The third-order valence-electron chi connectivity index (χ3n) is 4.33. The summed E-state index contributed by atoms with van der Waals surface area (Å²) in [6.45, 7) is 1.91. The number of aryl methyl sites for hydroxylation is 1. The molecule has 29 heavy (non-hydrogen) atoms. The lowest BCUT2D eigenvalue weighted by Gasteiger charge is -2.15.